The van der Waals surface area contributed by atoms with Gasteiger partial charge in [0.25, 0.3) is 5.91 Å². The molecule has 6 nitrogen and oxygen atoms in total. The highest BCUT2D eigenvalue weighted by Gasteiger charge is 2.22. The first-order valence-corrected chi connectivity index (χ1v) is 7.27. The van der Waals surface area contributed by atoms with Crippen LogP contribution in [0.25, 0.3) is 0 Å². The molecule has 0 saturated carbocycles. The summed E-state index contributed by atoms with van der Waals surface area (Å²) < 4.78 is 37.4. The van der Waals surface area contributed by atoms with Crippen molar-refractivity contribution < 1.29 is 22.7 Å². The molecule has 0 radical (unpaired) electrons. The molecule has 0 spiro atoms. The summed E-state index contributed by atoms with van der Waals surface area (Å²) in [6.07, 6.45) is 1.83. The van der Waals surface area contributed by atoms with Crippen LogP contribution in [0.3, 0.4) is 0 Å². The second kappa shape index (κ2) is 6.82. The number of aromatic nitrogens is 2. The summed E-state index contributed by atoms with van der Waals surface area (Å²) in [7, 11) is 0. The number of benzene rings is 1. The summed E-state index contributed by atoms with van der Waals surface area (Å²) in [5.74, 6) is -1.51. The highest BCUT2D eigenvalue weighted by atomic mass is 19.1. The van der Waals surface area contributed by atoms with E-state index in [1.165, 1.54) is 0 Å². The summed E-state index contributed by atoms with van der Waals surface area (Å²) >= 11 is 0. The molecule has 1 aromatic heterocycles. The number of rotatable bonds is 4. The molecule has 1 atom stereocenters. The Morgan fingerprint density at radius 3 is 3.00 bits per heavy atom. The third-order valence-corrected chi connectivity index (χ3v) is 3.57. The van der Waals surface area contributed by atoms with E-state index in [-0.39, 0.29) is 23.9 Å². The number of carbonyl (C=O) groups excluding carboxylic acids is 1. The molecular weight excluding hydrogens is 308 g/mol. The summed E-state index contributed by atoms with van der Waals surface area (Å²) in [5, 5.41) is 10.2. The van der Waals surface area contributed by atoms with Crippen molar-refractivity contribution in [2.75, 3.05) is 13.2 Å². The van der Waals surface area contributed by atoms with Gasteiger partial charge in [-0.1, -0.05) is 0 Å². The van der Waals surface area contributed by atoms with Gasteiger partial charge in [-0.05, 0) is 31.0 Å². The predicted octanol–water partition coefficient (Wildman–Crippen LogP) is 2.17. The molecule has 1 amide bonds. The zero-order valence-electron chi connectivity index (χ0n) is 12.2. The second-order valence-corrected chi connectivity index (χ2v) is 5.25. The lowest BCUT2D eigenvalue weighted by Crippen LogP contribution is -2.24. The number of amides is 1. The molecule has 0 bridgehead atoms. The zero-order chi connectivity index (χ0) is 16.2. The highest BCUT2D eigenvalue weighted by Crippen LogP contribution is 2.24. The maximum absolute atomic E-state index is 13.5. The van der Waals surface area contributed by atoms with Crippen LogP contribution in [0.2, 0.25) is 0 Å². The van der Waals surface area contributed by atoms with Gasteiger partial charge < -0.3 is 14.5 Å². The van der Waals surface area contributed by atoms with Gasteiger partial charge in [-0.25, -0.2) is 8.78 Å². The third kappa shape index (κ3) is 3.70. The minimum absolute atomic E-state index is 0.0568. The second-order valence-electron chi connectivity index (χ2n) is 5.25. The van der Waals surface area contributed by atoms with Crippen LogP contribution in [0.4, 0.5) is 8.78 Å². The van der Waals surface area contributed by atoms with Crippen LogP contribution in [-0.2, 0) is 11.3 Å². The summed E-state index contributed by atoms with van der Waals surface area (Å²) in [6.45, 7) is 1.20. The molecule has 3 rings (SSSR count). The maximum Gasteiger partial charge on any atom is 0.254 e. The molecule has 8 heteroatoms. The van der Waals surface area contributed by atoms with Crippen LogP contribution in [0, 0.1) is 11.6 Å². The largest absolute Gasteiger partial charge is 0.423 e. The first-order valence-electron chi connectivity index (χ1n) is 7.27. The van der Waals surface area contributed by atoms with Crippen molar-refractivity contribution in [1.29, 1.82) is 0 Å². The lowest BCUT2D eigenvalue weighted by Gasteiger charge is -2.18. The van der Waals surface area contributed by atoms with Gasteiger partial charge in [0.15, 0.2) is 0 Å². The SMILES string of the molecule is O=C(NCc1nnc(C2CCCOC2)o1)c1cc(F)ccc1F. The molecule has 0 aliphatic carbocycles. The van der Waals surface area contributed by atoms with Gasteiger partial charge in [-0.2, -0.15) is 0 Å². The molecule has 1 saturated heterocycles. The average molecular weight is 323 g/mol. The molecule has 1 aliphatic rings. The van der Waals surface area contributed by atoms with Crippen LogP contribution in [-0.4, -0.2) is 29.3 Å². The number of carbonyl (C=O) groups is 1. The molecule has 1 N–H and O–H groups in total. The van der Waals surface area contributed by atoms with Crippen LogP contribution in [0.1, 0.15) is 40.9 Å². The number of hydrogen-bond acceptors (Lipinski definition) is 5. The van der Waals surface area contributed by atoms with Crippen molar-refractivity contribution in [3.05, 3.63) is 47.2 Å². The Bertz CT molecular complexity index is 699. The first kappa shape index (κ1) is 15.5. The normalized spacial score (nSPS) is 17.9. The molecule has 1 fully saturated rings. The molecule has 1 aromatic carbocycles. The fourth-order valence-electron chi connectivity index (χ4n) is 2.36. The Morgan fingerprint density at radius 1 is 1.35 bits per heavy atom. The fourth-order valence-corrected chi connectivity index (χ4v) is 2.36. The molecular formula is C15H15F2N3O3. The molecule has 2 aromatic rings. The topological polar surface area (TPSA) is 77.2 Å². The number of ether oxygens (including phenoxy) is 1. The van der Waals surface area contributed by atoms with E-state index in [1.54, 1.807) is 0 Å². The number of nitrogens with one attached hydrogen (secondary N) is 1. The van der Waals surface area contributed by atoms with Crippen LogP contribution < -0.4 is 5.32 Å². The number of halogens is 2. The van der Waals surface area contributed by atoms with Gasteiger partial charge in [0.2, 0.25) is 11.8 Å². The summed E-state index contributed by atoms with van der Waals surface area (Å²) in [5.41, 5.74) is -0.370. The molecule has 1 aliphatic heterocycles. The van der Waals surface area contributed by atoms with E-state index < -0.39 is 17.5 Å². The van der Waals surface area contributed by atoms with E-state index in [0.717, 1.165) is 37.6 Å². The summed E-state index contributed by atoms with van der Waals surface area (Å²) in [6, 6.07) is 2.68. The van der Waals surface area contributed by atoms with Crippen molar-refractivity contribution in [2.45, 2.75) is 25.3 Å². The lowest BCUT2D eigenvalue weighted by atomic mass is 10.0. The zero-order valence-corrected chi connectivity index (χ0v) is 12.2. The van der Waals surface area contributed by atoms with Gasteiger partial charge in [0.1, 0.15) is 11.6 Å². The Kier molecular flexibility index (Phi) is 4.61. The lowest BCUT2D eigenvalue weighted by molar-refractivity contribution is 0.0720. The van der Waals surface area contributed by atoms with Gasteiger partial charge >= 0.3 is 0 Å². The first-order chi connectivity index (χ1) is 11.1. The fraction of sp³-hybridized carbons (Fsp3) is 0.400. The Labute approximate surface area is 130 Å². The minimum Gasteiger partial charge on any atom is -0.423 e. The van der Waals surface area contributed by atoms with Crippen molar-refractivity contribution in [3.63, 3.8) is 0 Å². The van der Waals surface area contributed by atoms with Gasteiger partial charge in [-0.15, -0.1) is 10.2 Å². The monoisotopic (exact) mass is 323 g/mol. The molecule has 122 valence electrons. The molecule has 2 heterocycles. The predicted molar refractivity (Wildman–Crippen MR) is 74.6 cm³/mol. The van der Waals surface area contributed by atoms with Crippen molar-refractivity contribution in [2.24, 2.45) is 0 Å². The highest BCUT2D eigenvalue weighted by molar-refractivity contribution is 5.94. The van der Waals surface area contributed by atoms with E-state index in [1.807, 2.05) is 0 Å². The Hall–Kier alpha value is -2.35. The van der Waals surface area contributed by atoms with E-state index >= 15 is 0 Å². The van der Waals surface area contributed by atoms with E-state index in [4.69, 9.17) is 9.15 Å². The van der Waals surface area contributed by atoms with Gasteiger partial charge in [0.05, 0.1) is 24.6 Å². The van der Waals surface area contributed by atoms with E-state index in [2.05, 4.69) is 15.5 Å². The van der Waals surface area contributed by atoms with Gasteiger partial charge in [-0.3, -0.25) is 4.79 Å². The van der Waals surface area contributed by atoms with Crippen molar-refractivity contribution in [1.82, 2.24) is 15.5 Å². The number of hydrogen-bond donors (Lipinski definition) is 1. The van der Waals surface area contributed by atoms with E-state index in [9.17, 15) is 13.6 Å². The summed E-state index contributed by atoms with van der Waals surface area (Å²) in [4.78, 5) is 11.9. The maximum atomic E-state index is 13.5. The van der Waals surface area contributed by atoms with Gasteiger partial charge in [0, 0.05) is 6.61 Å². The van der Waals surface area contributed by atoms with Crippen LogP contribution >= 0.6 is 0 Å². The van der Waals surface area contributed by atoms with E-state index in [0.29, 0.717) is 12.5 Å². The Balaban J connectivity index is 1.61. The molecule has 1 unspecified atom stereocenters. The smallest absolute Gasteiger partial charge is 0.254 e. The quantitative estimate of drug-likeness (QED) is 0.933. The molecule has 23 heavy (non-hydrogen) atoms. The Morgan fingerprint density at radius 2 is 2.22 bits per heavy atom. The van der Waals surface area contributed by atoms with Crippen LogP contribution in [0.15, 0.2) is 22.6 Å². The van der Waals surface area contributed by atoms with Crippen molar-refractivity contribution in [3.8, 4) is 0 Å². The average Bonchev–Trinajstić information content (AvgIpc) is 3.05. The standard InChI is InChI=1S/C15H15F2N3O3/c16-10-3-4-12(17)11(6-10)14(21)18-7-13-19-20-15(23-13)9-2-1-5-22-8-9/h3-4,6,9H,1-2,5,7-8H2,(H,18,21). The minimum atomic E-state index is -0.797. The third-order valence-electron chi connectivity index (χ3n) is 3.57. The van der Waals surface area contributed by atoms with Crippen molar-refractivity contribution >= 4 is 5.91 Å². The number of nitrogens with zero attached hydrogens (tertiary/aromatic N) is 2. The van der Waals surface area contributed by atoms with Crippen LogP contribution in [0.5, 0.6) is 0 Å².